The minimum atomic E-state index is 0.233. The number of benzene rings is 1. The number of epoxide rings is 1. The minimum absolute atomic E-state index is 0.233. The number of ether oxygens (including phenoxy) is 2. The van der Waals surface area contributed by atoms with Crippen LogP contribution in [0.15, 0.2) is 30.5 Å². The van der Waals surface area contributed by atoms with Gasteiger partial charge in [-0.15, -0.1) is 0 Å². The molecule has 1 fully saturated rings. The molecule has 0 saturated carbocycles. The summed E-state index contributed by atoms with van der Waals surface area (Å²) >= 11 is 0. The Labute approximate surface area is 98.4 Å². The van der Waals surface area contributed by atoms with Gasteiger partial charge in [0, 0.05) is 5.39 Å². The zero-order valence-electron chi connectivity index (χ0n) is 9.09. The van der Waals surface area contributed by atoms with Gasteiger partial charge in [0.05, 0.1) is 23.9 Å². The fourth-order valence-corrected chi connectivity index (χ4v) is 1.66. The van der Waals surface area contributed by atoms with Gasteiger partial charge < -0.3 is 9.47 Å². The first-order valence-electron chi connectivity index (χ1n) is 5.40. The molecule has 2 aromatic rings. The fourth-order valence-electron chi connectivity index (χ4n) is 1.66. The second-order valence-electron chi connectivity index (χ2n) is 3.93. The Morgan fingerprint density at radius 3 is 3.18 bits per heavy atom. The molecule has 0 amide bonds. The highest BCUT2D eigenvalue weighted by atomic mass is 16.6. The van der Waals surface area contributed by atoms with Crippen LogP contribution in [0.5, 0.6) is 5.75 Å². The molecule has 4 nitrogen and oxygen atoms in total. The van der Waals surface area contributed by atoms with Crippen molar-refractivity contribution in [3.63, 3.8) is 0 Å². The predicted molar refractivity (Wildman–Crippen MR) is 61.7 cm³/mol. The van der Waals surface area contributed by atoms with Crippen molar-refractivity contribution in [2.24, 2.45) is 0 Å². The maximum Gasteiger partial charge on any atom is 0.138 e. The third-order valence-corrected chi connectivity index (χ3v) is 2.64. The monoisotopic (exact) mass is 226 g/mol. The van der Waals surface area contributed by atoms with Gasteiger partial charge in [-0.1, -0.05) is 12.1 Å². The summed E-state index contributed by atoms with van der Waals surface area (Å²) in [5, 5.41) is 9.87. The number of pyridine rings is 1. The number of rotatable bonds is 3. The Bertz CT molecular complexity index is 600. The Balaban J connectivity index is 1.92. The zero-order chi connectivity index (χ0) is 11.7. The molecule has 84 valence electrons. The lowest BCUT2D eigenvalue weighted by atomic mass is 10.1. The SMILES string of the molecule is N#Cc1cccc2cc(OCC3CO3)cnc12. The lowest BCUT2D eigenvalue weighted by molar-refractivity contribution is 0.262. The van der Waals surface area contributed by atoms with Gasteiger partial charge in [-0.3, -0.25) is 4.98 Å². The van der Waals surface area contributed by atoms with E-state index < -0.39 is 0 Å². The molecule has 2 heterocycles. The molecule has 0 N–H and O–H groups in total. The molecule has 1 saturated heterocycles. The van der Waals surface area contributed by atoms with Crippen molar-refractivity contribution >= 4 is 10.9 Å². The van der Waals surface area contributed by atoms with Gasteiger partial charge >= 0.3 is 0 Å². The van der Waals surface area contributed by atoms with Crippen molar-refractivity contribution in [1.82, 2.24) is 4.98 Å². The molecule has 0 aliphatic carbocycles. The van der Waals surface area contributed by atoms with Crippen molar-refractivity contribution in [3.8, 4) is 11.8 Å². The average molecular weight is 226 g/mol. The van der Waals surface area contributed by atoms with Gasteiger partial charge in [-0.05, 0) is 12.1 Å². The summed E-state index contributed by atoms with van der Waals surface area (Å²) in [4.78, 5) is 4.26. The van der Waals surface area contributed by atoms with Crippen LogP contribution in [0, 0.1) is 11.3 Å². The van der Waals surface area contributed by atoms with Crippen molar-refractivity contribution in [3.05, 3.63) is 36.0 Å². The average Bonchev–Trinajstić information content (AvgIpc) is 3.19. The van der Waals surface area contributed by atoms with E-state index in [9.17, 15) is 0 Å². The second-order valence-corrected chi connectivity index (χ2v) is 3.93. The van der Waals surface area contributed by atoms with Gasteiger partial charge in [0.1, 0.15) is 24.5 Å². The summed E-state index contributed by atoms with van der Waals surface area (Å²) in [6.07, 6.45) is 1.88. The molecule has 4 heteroatoms. The summed E-state index contributed by atoms with van der Waals surface area (Å²) in [5.74, 6) is 0.711. The van der Waals surface area contributed by atoms with Gasteiger partial charge in [0.2, 0.25) is 0 Å². The number of aromatic nitrogens is 1. The highest BCUT2D eigenvalue weighted by molar-refractivity contribution is 5.84. The Morgan fingerprint density at radius 1 is 1.53 bits per heavy atom. The Morgan fingerprint density at radius 2 is 2.41 bits per heavy atom. The molecule has 1 atom stereocenters. The van der Waals surface area contributed by atoms with Gasteiger partial charge in [0.15, 0.2) is 0 Å². The summed E-state index contributed by atoms with van der Waals surface area (Å²) in [6, 6.07) is 9.54. The highest BCUT2D eigenvalue weighted by Crippen LogP contribution is 2.21. The van der Waals surface area contributed by atoms with E-state index in [4.69, 9.17) is 14.7 Å². The lowest BCUT2D eigenvalue weighted by Gasteiger charge is -2.05. The molecular weight excluding hydrogens is 216 g/mol. The van der Waals surface area contributed by atoms with E-state index in [-0.39, 0.29) is 6.10 Å². The van der Waals surface area contributed by atoms with E-state index in [1.165, 1.54) is 0 Å². The smallest absolute Gasteiger partial charge is 0.138 e. The van der Waals surface area contributed by atoms with E-state index in [1.807, 2.05) is 18.2 Å². The molecule has 17 heavy (non-hydrogen) atoms. The number of hydrogen-bond acceptors (Lipinski definition) is 4. The third kappa shape index (κ3) is 2.05. The van der Waals surface area contributed by atoms with Crippen LogP contribution in [0.4, 0.5) is 0 Å². The summed E-state index contributed by atoms with van der Waals surface area (Å²) < 4.78 is 10.6. The second kappa shape index (κ2) is 4.04. The van der Waals surface area contributed by atoms with Crippen LogP contribution in [0.3, 0.4) is 0 Å². The third-order valence-electron chi connectivity index (χ3n) is 2.64. The van der Waals surface area contributed by atoms with E-state index in [0.717, 1.165) is 12.0 Å². The molecule has 1 aromatic heterocycles. The van der Waals surface area contributed by atoms with Gasteiger partial charge in [-0.2, -0.15) is 5.26 Å². The van der Waals surface area contributed by atoms with Gasteiger partial charge in [-0.25, -0.2) is 0 Å². The maximum atomic E-state index is 8.95. The molecule has 3 rings (SSSR count). The highest BCUT2D eigenvalue weighted by Gasteiger charge is 2.23. The molecule has 0 spiro atoms. The van der Waals surface area contributed by atoms with Crippen molar-refractivity contribution < 1.29 is 9.47 Å². The van der Waals surface area contributed by atoms with E-state index >= 15 is 0 Å². The van der Waals surface area contributed by atoms with Crippen LogP contribution in [-0.2, 0) is 4.74 Å². The van der Waals surface area contributed by atoms with E-state index in [2.05, 4.69) is 11.1 Å². The topological polar surface area (TPSA) is 58.4 Å². The number of nitrogens with zero attached hydrogens (tertiary/aromatic N) is 2. The molecule has 0 radical (unpaired) electrons. The number of fused-ring (bicyclic) bond motifs is 1. The summed E-state index contributed by atoms with van der Waals surface area (Å²) in [6.45, 7) is 1.34. The maximum absolute atomic E-state index is 8.95. The first-order valence-corrected chi connectivity index (χ1v) is 5.40. The first kappa shape index (κ1) is 10.1. The summed E-state index contributed by atoms with van der Waals surface area (Å²) in [5.41, 5.74) is 1.30. The molecule has 1 aliphatic heterocycles. The molecule has 1 aliphatic rings. The van der Waals surface area contributed by atoms with Crippen LogP contribution in [0.25, 0.3) is 10.9 Å². The van der Waals surface area contributed by atoms with Crippen LogP contribution in [-0.4, -0.2) is 24.3 Å². The fraction of sp³-hybridized carbons (Fsp3) is 0.231. The number of para-hydroxylation sites is 1. The standard InChI is InChI=1S/C13H10N2O2/c14-5-10-3-1-2-9-4-11(6-15-13(9)10)16-7-12-8-17-12/h1-4,6,12H,7-8H2. The Kier molecular flexibility index (Phi) is 2.39. The van der Waals surface area contributed by atoms with E-state index in [1.54, 1.807) is 12.3 Å². The molecule has 0 bridgehead atoms. The lowest BCUT2D eigenvalue weighted by Crippen LogP contribution is -2.04. The van der Waals surface area contributed by atoms with Crippen LogP contribution < -0.4 is 4.74 Å². The van der Waals surface area contributed by atoms with Crippen LogP contribution in [0.1, 0.15) is 5.56 Å². The molecule has 1 unspecified atom stereocenters. The summed E-state index contributed by atoms with van der Waals surface area (Å²) in [7, 11) is 0. The number of nitriles is 1. The largest absolute Gasteiger partial charge is 0.489 e. The van der Waals surface area contributed by atoms with Crippen molar-refractivity contribution in [1.29, 1.82) is 5.26 Å². The quantitative estimate of drug-likeness (QED) is 0.750. The normalized spacial score (nSPS) is 17.7. The zero-order valence-corrected chi connectivity index (χ0v) is 9.09. The predicted octanol–water partition coefficient (Wildman–Crippen LogP) is 1.88. The van der Waals surface area contributed by atoms with Crippen molar-refractivity contribution in [2.45, 2.75) is 6.10 Å². The van der Waals surface area contributed by atoms with Crippen molar-refractivity contribution in [2.75, 3.05) is 13.2 Å². The van der Waals surface area contributed by atoms with Crippen LogP contribution in [0.2, 0.25) is 0 Å². The van der Waals surface area contributed by atoms with E-state index in [0.29, 0.717) is 23.4 Å². The first-order chi connectivity index (χ1) is 8.36. The minimum Gasteiger partial charge on any atom is -0.489 e. The Hall–Kier alpha value is -2.12. The molecular formula is C13H10N2O2. The van der Waals surface area contributed by atoms with Gasteiger partial charge in [0.25, 0.3) is 0 Å². The number of hydrogen-bond donors (Lipinski definition) is 0. The molecule has 1 aromatic carbocycles. The van der Waals surface area contributed by atoms with Crippen LogP contribution >= 0.6 is 0 Å².